The van der Waals surface area contributed by atoms with Crippen LogP contribution in [0.2, 0.25) is 0 Å². The Balaban J connectivity index is 1.78. The lowest BCUT2D eigenvalue weighted by Gasteiger charge is -2.07. The number of aromatic nitrogens is 2. The Bertz CT molecular complexity index is 987. The fraction of sp³-hybridized carbons (Fsp3) is 0.200. The lowest BCUT2D eigenvalue weighted by Crippen LogP contribution is -2.25. The number of anilines is 1. The van der Waals surface area contributed by atoms with Gasteiger partial charge in [-0.05, 0) is 43.7 Å². The number of ether oxygens (including phenoxy) is 1. The molecule has 0 saturated heterocycles. The number of nitrogens with one attached hydrogen (secondary N) is 1. The van der Waals surface area contributed by atoms with Crippen LogP contribution in [-0.4, -0.2) is 21.9 Å². The van der Waals surface area contributed by atoms with E-state index in [1.807, 2.05) is 55.5 Å². The molecule has 1 N–H and O–H groups in total. The molecule has 0 fully saturated rings. The molecule has 3 aromatic rings. The molecule has 2 aromatic carbocycles. The number of benzene rings is 2. The van der Waals surface area contributed by atoms with Gasteiger partial charge in [0.25, 0.3) is 11.5 Å². The highest BCUT2D eigenvalue weighted by molar-refractivity contribution is 5.92. The van der Waals surface area contributed by atoms with Gasteiger partial charge in [0.1, 0.15) is 11.4 Å². The van der Waals surface area contributed by atoms with Crippen LogP contribution in [-0.2, 0) is 11.8 Å². The summed E-state index contributed by atoms with van der Waals surface area (Å²) in [6, 6.07) is 16.7. The van der Waals surface area contributed by atoms with Crippen LogP contribution in [0.15, 0.2) is 59.4 Å². The molecule has 0 aliphatic heterocycles. The maximum atomic E-state index is 12.8. The van der Waals surface area contributed by atoms with Crippen LogP contribution >= 0.6 is 0 Å². The van der Waals surface area contributed by atoms with E-state index in [2.05, 4.69) is 5.32 Å². The summed E-state index contributed by atoms with van der Waals surface area (Å²) in [5.74, 6) is 0.240. The van der Waals surface area contributed by atoms with E-state index in [1.165, 1.54) is 4.68 Å². The number of amides is 1. The van der Waals surface area contributed by atoms with Crippen LogP contribution in [0.25, 0.3) is 5.69 Å². The quantitative estimate of drug-likeness (QED) is 0.769. The monoisotopic (exact) mass is 351 g/mol. The van der Waals surface area contributed by atoms with Gasteiger partial charge in [-0.3, -0.25) is 14.3 Å². The molecule has 0 radical (unpaired) electrons. The molecule has 26 heavy (non-hydrogen) atoms. The van der Waals surface area contributed by atoms with Crippen LogP contribution in [0.5, 0.6) is 5.75 Å². The molecular weight excluding hydrogens is 330 g/mol. The first-order valence-electron chi connectivity index (χ1n) is 8.30. The molecule has 1 aromatic heterocycles. The van der Waals surface area contributed by atoms with Gasteiger partial charge in [0, 0.05) is 7.05 Å². The topological polar surface area (TPSA) is 65.3 Å². The van der Waals surface area contributed by atoms with Crippen molar-refractivity contribution in [3.63, 3.8) is 0 Å². The minimum atomic E-state index is -0.377. The Hall–Kier alpha value is -3.28. The van der Waals surface area contributed by atoms with E-state index in [-0.39, 0.29) is 23.8 Å². The third-order valence-corrected chi connectivity index (χ3v) is 4.18. The Morgan fingerprint density at radius 2 is 1.81 bits per heavy atom. The van der Waals surface area contributed by atoms with Crippen LogP contribution in [0.4, 0.5) is 5.69 Å². The lowest BCUT2D eigenvalue weighted by molar-refractivity contribution is -0.118. The van der Waals surface area contributed by atoms with Gasteiger partial charge in [0.05, 0.1) is 11.4 Å². The molecule has 0 bridgehead atoms. The second kappa shape index (κ2) is 7.31. The SMILES string of the molecule is Cc1cccc(OCC(=O)Nc2c(C)n(C)n(-c3ccccc3)c2=O)c1. The van der Waals surface area contributed by atoms with Gasteiger partial charge in [-0.25, -0.2) is 4.68 Å². The van der Waals surface area contributed by atoms with Crippen molar-refractivity contribution in [2.75, 3.05) is 11.9 Å². The van der Waals surface area contributed by atoms with Crippen LogP contribution in [0.1, 0.15) is 11.3 Å². The van der Waals surface area contributed by atoms with Crippen molar-refractivity contribution < 1.29 is 9.53 Å². The summed E-state index contributed by atoms with van der Waals surface area (Å²) in [6.07, 6.45) is 0. The molecule has 3 rings (SSSR count). The van der Waals surface area contributed by atoms with Gasteiger partial charge in [-0.2, -0.15) is 0 Å². The fourth-order valence-electron chi connectivity index (χ4n) is 2.74. The molecule has 6 nitrogen and oxygen atoms in total. The first-order chi connectivity index (χ1) is 12.5. The normalized spacial score (nSPS) is 10.6. The highest BCUT2D eigenvalue weighted by Crippen LogP contribution is 2.15. The van der Waals surface area contributed by atoms with E-state index in [9.17, 15) is 9.59 Å². The first-order valence-corrected chi connectivity index (χ1v) is 8.30. The molecule has 134 valence electrons. The number of carbonyl (C=O) groups excluding carboxylic acids is 1. The molecule has 1 amide bonds. The maximum absolute atomic E-state index is 12.8. The predicted molar refractivity (Wildman–Crippen MR) is 101 cm³/mol. The van der Waals surface area contributed by atoms with Crippen molar-refractivity contribution in [2.24, 2.45) is 7.05 Å². The Morgan fingerprint density at radius 1 is 1.08 bits per heavy atom. The summed E-state index contributed by atoms with van der Waals surface area (Å²) < 4.78 is 8.73. The molecule has 0 spiro atoms. The van der Waals surface area contributed by atoms with Crippen molar-refractivity contribution in [3.8, 4) is 11.4 Å². The maximum Gasteiger partial charge on any atom is 0.295 e. The highest BCUT2D eigenvalue weighted by Gasteiger charge is 2.18. The van der Waals surface area contributed by atoms with Crippen LogP contribution in [0, 0.1) is 13.8 Å². The van der Waals surface area contributed by atoms with Crippen LogP contribution < -0.4 is 15.6 Å². The van der Waals surface area contributed by atoms with Gasteiger partial charge >= 0.3 is 0 Å². The largest absolute Gasteiger partial charge is 0.484 e. The zero-order chi connectivity index (χ0) is 18.7. The zero-order valence-electron chi connectivity index (χ0n) is 15.0. The lowest BCUT2D eigenvalue weighted by atomic mass is 10.2. The Kier molecular flexibility index (Phi) is 4.93. The number of hydrogen-bond donors (Lipinski definition) is 1. The third kappa shape index (κ3) is 3.54. The Labute approximate surface area is 151 Å². The summed E-state index contributed by atoms with van der Waals surface area (Å²) in [7, 11) is 1.78. The standard InChI is InChI=1S/C20H21N3O3/c1-14-8-7-11-17(12-14)26-13-18(24)21-19-15(2)22(3)23(20(19)25)16-9-5-4-6-10-16/h4-12H,13H2,1-3H3,(H,21,24). The van der Waals surface area contributed by atoms with E-state index in [4.69, 9.17) is 4.74 Å². The predicted octanol–water partition coefficient (Wildman–Crippen LogP) is 2.81. The van der Waals surface area contributed by atoms with E-state index >= 15 is 0 Å². The first kappa shape index (κ1) is 17.5. The molecule has 1 heterocycles. The minimum Gasteiger partial charge on any atom is -0.484 e. The van der Waals surface area contributed by atoms with Gasteiger partial charge in [-0.15, -0.1) is 0 Å². The number of carbonyl (C=O) groups is 1. The number of hydrogen-bond acceptors (Lipinski definition) is 3. The number of rotatable bonds is 5. The molecule has 0 unspecified atom stereocenters. The van der Waals surface area contributed by atoms with Crippen molar-refractivity contribution >= 4 is 11.6 Å². The smallest absolute Gasteiger partial charge is 0.295 e. The number of para-hydroxylation sites is 1. The average Bonchev–Trinajstić information content (AvgIpc) is 2.84. The summed E-state index contributed by atoms with van der Waals surface area (Å²) in [6.45, 7) is 3.58. The summed E-state index contributed by atoms with van der Waals surface area (Å²) >= 11 is 0. The minimum absolute atomic E-state index is 0.164. The highest BCUT2D eigenvalue weighted by atomic mass is 16.5. The summed E-state index contributed by atoms with van der Waals surface area (Å²) in [5.41, 5.74) is 2.43. The molecule has 0 saturated carbocycles. The average molecular weight is 351 g/mol. The van der Waals surface area contributed by atoms with Crippen LogP contribution in [0.3, 0.4) is 0 Å². The third-order valence-electron chi connectivity index (χ3n) is 4.18. The van der Waals surface area contributed by atoms with Crippen molar-refractivity contribution in [3.05, 3.63) is 76.2 Å². The molecular formula is C20H21N3O3. The second-order valence-electron chi connectivity index (χ2n) is 6.09. The van der Waals surface area contributed by atoms with E-state index in [0.29, 0.717) is 11.4 Å². The zero-order valence-corrected chi connectivity index (χ0v) is 15.0. The van der Waals surface area contributed by atoms with Gasteiger partial charge in [0.15, 0.2) is 6.61 Å². The summed E-state index contributed by atoms with van der Waals surface area (Å²) in [5, 5.41) is 2.68. The number of aryl methyl sites for hydroxylation is 1. The second-order valence-corrected chi connectivity index (χ2v) is 6.09. The number of nitrogens with zero attached hydrogens (tertiary/aromatic N) is 2. The van der Waals surface area contributed by atoms with Gasteiger partial charge in [-0.1, -0.05) is 30.3 Å². The molecule has 0 atom stereocenters. The van der Waals surface area contributed by atoms with E-state index in [1.54, 1.807) is 24.7 Å². The fourth-order valence-corrected chi connectivity index (χ4v) is 2.74. The van der Waals surface area contributed by atoms with Crippen molar-refractivity contribution in [1.82, 2.24) is 9.36 Å². The van der Waals surface area contributed by atoms with Crippen molar-refractivity contribution in [2.45, 2.75) is 13.8 Å². The summed E-state index contributed by atoms with van der Waals surface area (Å²) in [4.78, 5) is 25.0. The molecule has 0 aliphatic carbocycles. The van der Waals surface area contributed by atoms with Gasteiger partial charge < -0.3 is 10.1 Å². The van der Waals surface area contributed by atoms with Gasteiger partial charge in [0.2, 0.25) is 0 Å². The Morgan fingerprint density at radius 3 is 2.50 bits per heavy atom. The van der Waals surface area contributed by atoms with E-state index < -0.39 is 0 Å². The molecule has 0 aliphatic rings. The van der Waals surface area contributed by atoms with Crippen molar-refractivity contribution in [1.29, 1.82) is 0 Å². The van der Waals surface area contributed by atoms with E-state index in [0.717, 1.165) is 11.3 Å². The molecule has 6 heteroatoms.